The number of halogens is 1. The largest absolute Gasteiger partial charge is 0.419 e. The van der Waals surface area contributed by atoms with E-state index in [1.807, 2.05) is 6.92 Å². The van der Waals surface area contributed by atoms with Gasteiger partial charge in [-0.3, -0.25) is 4.57 Å². The number of sulfonamides is 1. The summed E-state index contributed by atoms with van der Waals surface area (Å²) in [4.78, 5) is 11.6. The Morgan fingerprint density at radius 2 is 2.13 bits per heavy atom. The first kappa shape index (κ1) is 18.0. The smallest absolute Gasteiger partial charge is 0.408 e. The monoisotopic (exact) mass is 361 g/mol. The number of hydrogen-bond acceptors (Lipinski definition) is 5. The maximum atomic E-state index is 12.5. The molecule has 1 aromatic heterocycles. The fraction of sp³-hybridized carbons (Fsp3) is 0.500. The molecular formula is C14H20ClN3O4S. The lowest BCUT2D eigenvalue weighted by atomic mass is 9.97. The highest BCUT2D eigenvalue weighted by molar-refractivity contribution is 7.89. The molecule has 1 aliphatic heterocycles. The number of aromatic nitrogens is 1. The summed E-state index contributed by atoms with van der Waals surface area (Å²) >= 11 is 0. The molecule has 0 amide bonds. The Hall–Kier alpha value is -1.35. The first-order valence-corrected chi connectivity index (χ1v) is 8.69. The topological polar surface area (TPSA) is 93.3 Å². The Kier molecular flexibility index (Phi) is 5.20. The van der Waals surface area contributed by atoms with Gasteiger partial charge in [0, 0.05) is 19.2 Å². The zero-order valence-corrected chi connectivity index (χ0v) is 14.5. The summed E-state index contributed by atoms with van der Waals surface area (Å²) in [6, 6.07) is 4.38. The van der Waals surface area contributed by atoms with Crippen LogP contribution in [0.1, 0.15) is 13.3 Å². The quantitative estimate of drug-likeness (QED) is 0.844. The fourth-order valence-corrected chi connectivity index (χ4v) is 4.13. The van der Waals surface area contributed by atoms with Crippen LogP contribution in [0.3, 0.4) is 0 Å². The van der Waals surface area contributed by atoms with Crippen molar-refractivity contribution in [1.29, 1.82) is 0 Å². The van der Waals surface area contributed by atoms with E-state index in [9.17, 15) is 13.2 Å². The van der Waals surface area contributed by atoms with Crippen molar-refractivity contribution < 1.29 is 12.8 Å². The molecule has 9 heteroatoms. The molecule has 1 aromatic carbocycles. The van der Waals surface area contributed by atoms with Gasteiger partial charge in [0.25, 0.3) is 0 Å². The molecule has 0 bridgehead atoms. The van der Waals surface area contributed by atoms with Gasteiger partial charge in [-0.15, -0.1) is 12.4 Å². The predicted molar refractivity (Wildman–Crippen MR) is 89.5 cm³/mol. The van der Waals surface area contributed by atoms with Gasteiger partial charge in [-0.05, 0) is 37.6 Å². The average molecular weight is 362 g/mol. The van der Waals surface area contributed by atoms with Gasteiger partial charge < -0.3 is 9.73 Å². The minimum Gasteiger partial charge on any atom is -0.408 e. The van der Waals surface area contributed by atoms with Crippen LogP contribution in [0.25, 0.3) is 11.1 Å². The zero-order valence-electron chi connectivity index (χ0n) is 12.9. The molecule has 0 saturated carbocycles. The van der Waals surface area contributed by atoms with Gasteiger partial charge in [-0.1, -0.05) is 6.92 Å². The van der Waals surface area contributed by atoms with E-state index in [-0.39, 0.29) is 34.8 Å². The number of benzene rings is 1. The normalized spacial score (nSPS) is 22.0. The summed E-state index contributed by atoms with van der Waals surface area (Å²) in [5.74, 6) is -0.286. The summed E-state index contributed by atoms with van der Waals surface area (Å²) in [5.41, 5.74) is 0.841. The summed E-state index contributed by atoms with van der Waals surface area (Å²) in [5, 5.41) is 3.24. The number of nitrogens with one attached hydrogen (secondary N) is 2. The van der Waals surface area contributed by atoms with Crippen LogP contribution in [-0.2, 0) is 17.1 Å². The first-order valence-electron chi connectivity index (χ1n) is 7.21. The Balaban J connectivity index is 0.00000192. The van der Waals surface area contributed by atoms with Gasteiger partial charge in [0.15, 0.2) is 5.58 Å². The molecule has 2 N–H and O–H groups in total. The Labute approximate surface area is 140 Å². The van der Waals surface area contributed by atoms with E-state index in [4.69, 9.17) is 4.42 Å². The molecule has 1 aliphatic rings. The van der Waals surface area contributed by atoms with Crippen molar-refractivity contribution in [3.05, 3.63) is 28.7 Å². The highest BCUT2D eigenvalue weighted by Crippen LogP contribution is 2.20. The number of fused-ring (bicyclic) bond motifs is 1. The van der Waals surface area contributed by atoms with Crippen molar-refractivity contribution in [3.8, 4) is 0 Å². The third-order valence-electron chi connectivity index (χ3n) is 4.17. The van der Waals surface area contributed by atoms with Crippen LogP contribution in [0.15, 0.2) is 32.3 Å². The molecule has 2 atom stereocenters. The van der Waals surface area contributed by atoms with Crippen LogP contribution in [-0.4, -0.2) is 32.1 Å². The third kappa shape index (κ3) is 3.45. The molecule has 0 aliphatic carbocycles. The van der Waals surface area contributed by atoms with Crippen LogP contribution in [0.4, 0.5) is 0 Å². The minimum atomic E-state index is -3.64. The van der Waals surface area contributed by atoms with Crippen molar-refractivity contribution in [2.24, 2.45) is 13.0 Å². The first-order chi connectivity index (χ1) is 10.4. The second-order valence-electron chi connectivity index (χ2n) is 5.75. The second kappa shape index (κ2) is 6.64. The Morgan fingerprint density at radius 3 is 2.83 bits per heavy atom. The van der Waals surface area contributed by atoms with Crippen molar-refractivity contribution in [2.75, 3.05) is 13.1 Å². The Bertz CT molecular complexity index is 859. The zero-order chi connectivity index (χ0) is 15.9. The molecule has 3 rings (SSSR count). The number of aryl methyl sites for hydroxylation is 1. The molecule has 1 saturated heterocycles. The summed E-state index contributed by atoms with van der Waals surface area (Å²) in [7, 11) is -2.06. The van der Waals surface area contributed by atoms with Gasteiger partial charge in [0.05, 0.1) is 10.4 Å². The predicted octanol–water partition coefficient (Wildman–Crippen LogP) is 0.830. The molecule has 2 aromatic rings. The Morgan fingerprint density at radius 1 is 1.39 bits per heavy atom. The molecular weight excluding hydrogens is 342 g/mol. The number of hydrogen-bond donors (Lipinski definition) is 2. The van der Waals surface area contributed by atoms with E-state index in [0.717, 1.165) is 19.5 Å². The minimum absolute atomic E-state index is 0. The van der Waals surface area contributed by atoms with Crippen LogP contribution < -0.4 is 15.8 Å². The lowest BCUT2D eigenvalue weighted by molar-refractivity contribution is 0.328. The fourth-order valence-electron chi connectivity index (χ4n) is 2.74. The van der Waals surface area contributed by atoms with Crippen molar-refractivity contribution >= 4 is 33.5 Å². The van der Waals surface area contributed by atoms with Gasteiger partial charge in [0.2, 0.25) is 10.0 Å². The van der Waals surface area contributed by atoms with E-state index >= 15 is 0 Å². The molecule has 0 radical (unpaired) electrons. The third-order valence-corrected chi connectivity index (χ3v) is 5.65. The standard InChI is InChI=1S/C14H19N3O4S.ClH/c1-9-8-15-6-5-11(9)16-22(19,20)10-3-4-12-13(7-10)21-14(18)17(12)2;/h3-4,7,9,11,15-16H,5-6,8H2,1-2H3;1H. The summed E-state index contributed by atoms with van der Waals surface area (Å²) in [6.07, 6.45) is 0.753. The highest BCUT2D eigenvalue weighted by atomic mass is 35.5. The van der Waals surface area contributed by atoms with Crippen LogP contribution >= 0.6 is 12.4 Å². The molecule has 1 fully saturated rings. The molecule has 0 spiro atoms. The number of rotatable bonds is 3. The van der Waals surface area contributed by atoms with Crippen LogP contribution in [0.2, 0.25) is 0 Å². The SMILES string of the molecule is CC1CNCCC1NS(=O)(=O)c1ccc2c(c1)oc(=O)n2C.Cl. The van der Waals surface area contributed by atoms with E-state index in [1.54, 1.807) is 13.1 Å². The number of oxazole rings is 1. The number of nitrogens with zero attached hydrogens (tertiary/aromatic N) is 1. The van der Waals surface area contributed by atoms with Gasteiger partial charge in [-0.25, -0.2) is 17.9 Å². The average Bonchev–Trinajstić information content (AvgIpc) is 2.76. The molecule has 23 heavy (non-hydrogen) atoms. The van der Waals surface area contributed by atoms with Gasteiger partial charge >= 0.3 is 5.76 Å². The van der Waals surface area contributed by atoms with Gasteiger partial charge in [0.1, 0.15) is 0 Å². The highest BCUT2D eigenvalue weighted by Gasteiger charge is 2.27. The van der Waals surface area contributed by atoms with Crippen molar-refractivity contribution in [3.63, 3.8) is 0 Å². The van der Waals surface area contributed by atoms with E-state index in [2.05, 4.69) is 10.0 Å². The number of piperidine rings is 1. The molecule has 7 nitrogen and oxygen atoms in total. The maximum Gasteiger partial charge on any atom is 0.419 e. The van der Waals surface area contributed by atoms with Crippen molar-refractivity contribution in [1.82, 2.24) is 14.6 Å². The molecule has 128 valence electrons. The van der Waals surface area contributed by atoms with Crippen LogP contribution in [0, 0.1) is 5.92 Å². The maximum absolute atomic E-state index is 12.5. The molecule has 2 unspecified atom stereocenters. The van der Waals surface area contributed by atoms with E-state index < -0.39 is 15.8 Å². The molecule has 2 heterocycles. The van der Waals surface area contributed by atoms with Gasteiger partial charge in [-0.2, -0.15) is 0 Å². The lowest BCUT2D eigenvalue weighted by Gasteiger charge is -2.29. The van der Waals surface area contributed by atoms with E-state index in [1.165, 1.54) is 16.7 Å². The summed E-state index contributed by atoms with van der Waals surface area (Å²) < 4.78 is 34.2. The van der Waals surface area contributed by atoms with Crippen LogP contribution in [0.5, 0.6) is 0 Å². The van der Waals surface area contributed by atoms with E-state index in [0.29, 0.717) is 5.52 Å². The summed E-state index contributed by atoms with van der Waals surface area (Å²) in [6.45, 7) is 3.60. The van der Waals surface area contributed by atoms with Crippen molar-refractivity contribution in [2.45, 2.75) is 24.3 Å². The lowest BCUT2D eigenvalue weighted by Crippen LogP contribution is -2.48. The second-order valence-corrected chi connectivity index (χ2v) is 7.47.